The molecular weight excluding hydrogens is 364 g/mol. The summed E-state index contributed by atoms with van der Waals surface area (Å²) in [6.07, 6.45) is -1.60. The van der Waals surface area contributed by atoms with Crippen molar-refractivity contribution in [1.82, 2.24) is 15.1 Å². The normalized spacial score (nSPS) is 11.7. The van der Waals surface area contributed by atoms with Gasteiger partial charge in [0.2, 0.25) is 5.91 Å². The molecule has 6 nitrogen and oxygen atoms in total. The van der Waals surface area contributed by atoms with Crippen LogP contribution in [-0.2, 0) is 20.9 Å². The molecule has 1 aromatic heterocycles. The molecule has 9 heteroatoms. The van der Waals surface area contributed by atoms with E-state index in [4.69, 9.17) is 4.74 Å². The highest BCUT2D eigenvalue weighted by Gasteiger charge is 2.21. The molecular formula is C13H16BrF2N3O3. The number of esters is 1. The van der Waals surface area contributed by atoms with Gasteiger partial charge in [-0.05, 0) is 36.7 Å². The predicted octanol–water partition coefficient (Wildman–Crippen LogP) is 2.47. The van der Waals surface area contributed by atoms with Crippen LogP contribution in [0.3, 0.4) is 0 Å². The van der Waals surface area contributed by atoms with Gasteiger partial charge in [-0.1, -0.05) is 0 Å². The van der Waals surface area contributed by atoms with Crippen molar-refractivity contribution in [2.45, 2.75) is 33.7 Å². The second-order valence-corrected chi connectivity index (χ2v) is 5.16. The number of aromatic nitrogens is 2. The van der Waals surface area contributed by atoms with Crippen LogP contribution in [0.5, 0.6) is 0 Å². The molecule has 0 aliphatic carbocycles. The molecule has 1 heterocycles. The minimum absolute atomic E-state index is 0.175. The average Bonchev–Trinajstić information content (AvgIpc) is 2.67. The maximum atomic E-state index is 12.7. The monoisotopic (exact) mass is 379 g/mol. The van der Waals surface area contributed by atoms with Gasteiger partial charge in [0.05, 0.1) is 16.8 Å². The molecule has 0 aromatic carbocycles. The first-order chi connectivity index (χ1) is 10.3. The smallest absolute Gasteiger partial charge is 0.332 e. The molecule has 0 fully saturated rings. The van der Waals surface area contributed by atoms with Gasteiger partial charge in [0.1, 0.15) is 12.2 Å². The van der Waals surface area contributed by atoms with E-state index in [-0.39, 0.29) is 17.6 Å². The molecule has 0 aliphatic rings. The number of ether oxygens (including phenoxy) is 1. The van der Waals surface area contributed by atoms with E-state index >= 15 is 0 Å². The van der Waals surface area contributed by atoms with Crippen LogP contribution in [0.2, 0.25) is 0 Å². The van der Waals surface area contributed by atoms with E-state index in [0.29, 0.717) is 11.4 Å². The van der Waals surface area contributed by atoms with E-state index in [9.17, 15) is 18.4 Å². The van der Waals surface area contributed by atoms with Crippen molar-refractivity contribution in [3.63, 3.8) is 0 Å². The van der Waals surface area contributed by atoms with E-state index in [1.807, 2.05) is 0 Å². The Bertz CT molecular complexity index is 600. The first-order valence-electron chi connectivity index (χ1n) is 6.42. The second-order valence-electron chi connectivity index (χ2n) is 4.37. The Morgan fingerprint density at radius 2 is 2.14 bits per heavy atom. The Hall–Kier alpha value is -1.77. The van der Waals surface area contributed by atoms with Crippen molar-refractivity contribution < 1.29 is 23.1 Å². The van der Waals surface area contributed by atoms with Crippen LogP contribution in [0.15, 0.2) is 16.2 Å². The summed E-state index contributed by atoms with van der Waals surface area (Å²) in [7, 11) is 0. The van der Waals surface area contributed by atoms with Gasteiger partial charge in [-0.25, -0.2) is 13.6 Å². The molecule has 0 saturated carbocycles. The molecule has 0 saturated heterocycles. The van der Waals surface area contributed by atoms with Crippen molar-refractivity contribution in [1.29, 1.82) is 0 Å². The molecule has 1 rings (SSSR count). The lowest BCUT2D eigenvalue weighted by Gasteiger charge is -2.07. The third kappa shape index (κ3) is 4.90. The summed E-state index contributed by atoms with van der Waals surface area (Å²) in [5.74, 6) is -1.06. The molecule has 122 valence electrons. The minimum Gasteiger partial charge on any atom is -0.463 e. The minimum atomic E-state index is -2.73. The molecule has 1 aromatic rings. The summed E-state index contributed by atoms with van der Waals surface area (Å²) in [6, 6.07) is 0. The quantitative estimate of drug-likeness (QED) is 0.608. The Morgan fingerprint density at radius 1 is 1.50 bits per heavy atom. The van der Waals surface area contributed by atoms with Gasteiger partial charge in [-0.3, -0.25) is 9.48 Å². The van der Waals surface area contributed by atoms with Crippen molar-refractivity contribution in [2.24, 2.45) is 0 Å². The van der Waals surface area contributed by atoms with Gasteiger partial charge in [-0.2, -0.15) is 5.10 Å². The topological polar surface area (TPSA) is 73.2 Å². The largest absolute Gasteiger partial charge is 0.463 e. The van der Waals surface area contributed by atoms with E-state index in [1.54, 1.807) is 13.8 Å². The maximum absolute atomic E-state index is 12.7. The number of nitrogens with zero attached hydrogens (tertiary/aromatic N) is 2. The zero-order chi connectivity index (χ0) is 16.9. The number of rotatable bonds is 6. The molecule has 0 unspecified atom stereocenters. The summed E-state index contributed by atoms with van der Waals surface area (Å²) in [4.78, 5) is 23.1. The van der Waals surface area contributed by atoms with E-state index < -0.39 is 24.0 Å². The molecule has 22 heavy (non-hydrogen) atoms. The van der Waals surface area contributed by atoms with Gasteiger partial charge in [0, 0.05) is 11.8 Å². The summed E-state index contributed by atoms with van der Waals surface area (Å²) in [6.45, 7) is 4.74. The Balaban J connectivity index is 2.74. The van der Waals surface area contributed by atoms with Crippen LogP contribution in [0.25, 0.3) is 0 Å². The van der Waals surface area contributed by atoms with Crippen molar-refractivity contribution in [3.8, 4) is 0 Å². The summed E-state index contributed by atoms with van der Waals surface area (Å²) >= 11 is 3.02. The highest BCUT2D eigenvalue weighted by molar-refractivity contribution is 9.10. The van der Waals surface area contributed by atoms with E-state index in [0.717, 1.165) is 6.08 Å². The number of halogens is 3. The Labute approximate surface area is 134 Å². The van der Waals surface area contributed by atoms with Gasteiger partial charge in [-0.15, -0.1) is 0 Å². The number of nitrogens with one attached hydrogen (secondary N) is 1. The number of allylic oxidation sites excluding steroid dienone is 1. The molecule has 0 atom stereocenters. The highest BCUT2D eigenvalue weighted by atomic mass is 79.9. The standard InChI is InChI=1S/C13H16BrF2N3O3/c1-4-22-10(21)5-7(2)17-9(20)6-19-8(3)11(14)12(18-19)13(15)16/h5,13H,4,6H2,1-3H3,(H,17,20)/b7-5+. The third-order valence-corrected chi connectivity index (χ3v) is 3.60. The van der Waals surface area contributed by atoms with E-state index in [2.05, 4.69) is 26.3 Å². The van der Waals surface area contributed by atoms with E-state index in [1.165, 1.54) is 11.6 Å². The SMILES string of the molecule is CCOC(=O)/C=C(\C)NC(=O)Cn1nc(C(F)F)c(Br)c1C. The van der Waals surface area contributed by atoms with Crippen LogP contribution in [0, 0.1) is 6.92 Å². The van der Waals surface area contributed by atoms with Gasteiger partial charge in [0.15, 0.2) is 0 Å². The lowest BCUT2D eigenvalue weighted by atomic mass is 10.4. The molecule has 1 amide bonds. The number of carbonyl (C=O) groups excluding carboxylic acids is 2. The molecule has 0 radical (unpaired) electrons. The fourth-order valence-corrected chi connectivity index (χ4v) is 2.09. The Kier molecular flexibility index (Phi) is 6.66. The highest BCUT2D eigenvalue weighted by Crippen LogP contribution is 2.28. The van der Waals surface area contributed by atoms with Crippen LogP contribution >= 0.6 is 15.9 Å². The number of hydrogen-bond acceptors (Lipinski definition) is 4. The lowest BCUT2D eigenvalue weighted by molar-refractivity contribution is -0.137. The zero-order valence-electron chi connectivity index (χ0n) is 12.3. The lowest BCUT2D eigenvalue weighted by Crippen LogP contribution is -2.27. The summed E-state index contributed by atoms with van der Waals surface area (Å²) in [5.41, 5.74) is 0.294. The van der Waals surface area contributed by atoms with Crippen LogP contribution < -0.4 is 5.32 Å². The number of alkyl halides is 2. The van der Waals surface area contributed by atoms with Crippen LogP contribution in [-0.4, -0.2) is 28.3 Å². The number of hydrogen-bond donors (Lipinski definition) is 1. The fourth-order valence-electron chi connectivity index (χ4n) is 1.63. The maximum Gasteiger partial charge on any atom is 0.332 e. The zero-order valence-corrected chi connectivity index (χ0v) is 13.9. The van der Waals surface area contributed by atoms with Crippen molar-refractivity contribution in [2.75, 3.05) is 6.61 Å². The first kappa shape index (κ1) is 18.3. The fraction of sp³-hybridized carbons (Fsp3) is 0.462. The average molecular weight is 380 g/mol. The summed E-state index contributed by atoms with van der Waals surface area (Å²) in [5, 5.41) is 6.15. The first-order valence-corrected chi connectivity index (χ1v) is 7.21. The second kappa shape index (κ2) is 8.02. The van der Waals surface area contributed by atoms with Crippen molar-refractivity contribution in [3.05, 3.63) is 27.6 Å². The predicted molar refractivity (Wildman–Crippen MR) is 78.2 cm³/mol. The molecule has 0 aliphatic heterocycles. The van der Waals surface area contributed by atoms with Gasteiger partial charge < -0.3 is 10.1 Å². The van der Waals surface area contributed by atoms with Crippen molar-refractivity contribution >= 4 is 27.8 Å². The van der Waals surface area contributed by atoms with Crippen LogP contribution in [0.4, 0.5) is 8.78 Å². The summed E-state index contributed by atoms with van der Waals surface area (Å²) < 4.78 is 31.5. The molecule has 0 bridgehead atoms. The third-order valence-electron chi connectivity index (χ3n) is 2.62. The number of amides is 1. The Morgan fingerprint density at radius 3 is 2.64 bits per heavy atom. The van der Waals surface area contributed by atoms with Crippen LogP contribution in [0.1, 0.15) is 31.7 Å². The van der Waals surface area contributed by atoms with Gasteiger partial charge >= 0.3 is 5.97 Å². The number of carbonyl (C=O) groups is 2. The molecule has 1 N–H and O–H groups in total. The van der Waals surface area contributed by atoms with Gasteiger partial charge in [0.25, 0.3) is 6.43 Å². The molecule has 0 spiro atoms.